The van der Waals surface area contributed by atoms with Crippen LogP contribution in [0.1, 0.15) is 11.1 Å². The number of halogens is 2. The fourth-order valence-electron chi connectivity index (χ4n) is 2.50. The monoisotopic (exact) mass is 489 g/mol. The van der Waals surface area contributed by atoms with Crippen LogP contribution >= 0.6 is 35.6 Å². The van der Waals surface area contributed by atoms with E-state index >= 15 is 0 Å². The number of benzene rings is 2. The van der Waals surface area contributed by atoms with Crippen LogP contribution in [-0.2, 0) is 13.1 Å². The number of nitrogens with zero attached hydrogens (tertiary/aromatic N) is 1. The molecule has 1 heterocycles. The summed E-state index contributed by atoms with van der Waals surface area (Å²) in [7, 11) is 3.36. The Morgan fingerprint density at radius 2 is 1.88 bits per heavy atom. The van der Waals surface area contributed by atoms with Crippen LogP contribution < -0.4 is 24.8 Å². The van der Waals surface area contributed by atoms with Crippen molar-refractivity contribution in [1.29, 1.82) is 0 Å². The van der Waals surface area contributed by atoms with Gasteiger partial charge in [0.25, 0.3) is 0 Å². The van der Waals surface area contributed by atoms with Crippen LogP contribution in [0.25, 0.3) is 0 Å². The molecule has 0 atom stereocenters. The third kappa shape index (κ3) is 5.07. The van der Waals surface area contributed by atoms with Crippen LogP contribution in [0, 0.1) is 0 Å². The number of hydrogen-bond donors (Lipinski definition) is 2. The zero-order valence-corrected chi connectivity index (χ0v) is 17.6. The van der Waals surface area contributed by atoms with Crippen molar-refractivity contribution in [3.05, 3.63) is 52.5 Å². The molecule has 1 aliphatic rings. The molecule has 140 valence electrons. The fourth-order valence-corrected chi connectivity index (χ4v) is 2.66. The molecule has 0 aliphatic carbocycles. The summed E-state index contributed by atoms with van der Waals surface area (Å²) in [4.78, 5) is 4.24. The Morgan fingerprint density at radius 1 is 1.12 bits per heavy atom. The van der Waals surface area contributed by atoms with Crippen LogP contribution in [0.4, 0.5) is 0 Å². The van der Waals surface area contributed by atoms with Crippen molar-refractivity contribution >= 4 is 41.5 Å². The van der Waals surface area contributed by atoms with E-state index in [1.165, 1.54) is 0 Å². The van der Waals surface area contributed by atoms with Gasteiger partial charge in [0.15, 0.2) is 17.5 Å². The minimum absolute atomic E-state index is 0. The Bertz CT molecular complexity index is 786. The number of aliphatic imine (C=N–C) groups is 1. The summed E-state index contributed by atoms with van der Waals surface area (Å²) in [5.74, 6) is 2.98. The summed E-state index contributed by atoms with van der Waals surface area (Å²) in [6.07, 6.45) is 0. The Labute approximate surface area is 174 Å². The fraction of sp³-hybridized carbons (Fsp3) is 0.278. The van der Waals surface area contributed by atoms with E-state index in [0.29, 0.717) is 24.1 Å². The maximum atomic E-state index is 5.99. The van der Waals surface area contributed by atoms with Crippen LogP contribution in [0.3, 0.4) is 0 Å². The van der Waals surface area contributed by atoms with E-state index in [1.807, 2.05) is 30.3 Å². The van der Waals surface area contributed by atoms with Crippen LogP contribution in [0.5, 0.6) is 17.2 Å². The van der Waals surface area contributed by atoms with Crippen molar-refractivity contribution in [1.82, 2.24) is 10.6 Å². The Morgan fingerprint density at radius 3 is 2.65 bits per heavy atom. The molecule has 2 N–H and O–H groups in total. The molecular formula is C18H21ClIN3O3. The number of ether oxygens (including phenoxy) is 3. The summed E-state index contributed by atoms with van der Waals surface area (Å²) >= 11 is 5.99. The highest BCUT2D eigenvalue weighted by atomic mass is 127. The number of nitrogens with one attached hydrogen (secondary N) is 2. The predicted molar refractivity (Wildman–Crippen MR) is 113 cm³/mol. The summed E-state index contributed by atoms with van der Waals surface area (Å²) in [5.41, 5.74) is 2.08. The van der Waals surface area contributed by atoms with Crippen molar-refractivity contribution in [2.75, 3.05) is 21.0 Å². The van der Waals surface area contributed by atoms with Gasteiger partial charge in [0, 0.05) is 30.7 Å². The lowest BCUT2D eigenvalue weighted by atomic mass is 10.2. The molecular weight excluding hydrogens is 469 g/mol. The van der Waals surface area contributed by atoms with E-state index in [-0.39, 0.29) is 30.8 Å². The number of fused-ring (bicyclic) bond motifs is 1. The van der Waals surface area contributed by atoms with Gasteiger partial charge in [-0.05, 0) is 29.8 Å². The van der Waals surface area contributed by atoms with Gasteiger partial charge in [0.05, 0.1) is 7.11 Å². The highest BCUT2D eigenvalue weighted by Gasteiger charge is 2.13. The van der Waals surface area contributed by atoms with Gasteiger partial charge >= 0.3 is 0 Å². The SMILES string of the molecule is CN=C(NCc1ccc2c(c1)OCO2)NCc1ccc(Cl)cc1OC.I. The average Bonchev–Trinajstić information content (AvgIpc) is 3.10. The third-order valence-corrected chi connectivity index (χ3v) is 4.05. The summed E-state index contributed by atoms with van der Waals surface area (Å²) in [6.45, 7) is 1.47. The van der Waals surface area contributed by atoms with Crippen molar-refractivity contribution in [3.63, 3.8) is 0 Å². The molecule has 26 heavy (non-hydrogen) atoms. The molecule has 8 heteroatoms. The smallest absolute Gasteiger partial charge is 0.231 e. The zero-order valence-electron chi connectivity index (χ0n) is 14.5. The largest absolute Gasteiger partial charge is 0.496 e. The number of rotatable bonds is 5. The summed E-state index contributed by atoms with van der Waals surface area (Å²) in [5, 5.41) is 7.18. The lowest BCUT2D eigenvalue weighted by Gasteiger charge is -2.14. The van der Waals surface area contributed by atoms with Crippen molar-refractivity contribution in [3.8, 4) is 17.2 Å². The number of hydrogen-bond acceptors (Lipinski definition) is 4. The number of methoxy groups -OCH3 is 1. The van der Waals surface area contributed by atoms with Crippen molar-refractivity contribution < 1.29 is 14.2 Å². The Balaban J connectivity index is 0.00000243. The molecule has 1 aliphatic heterocycles. The van der Waals surface area contributed by atoms with Gasteiger partial charge in [-0.25, -0.2) is 0 Å². The first-order valence-electron chi connectivity index (χ1n) is 7.85. The first-order valence-corrected chi connectivity index (χ1v) is 8.23. The second-order valence-electron chi connectivity index (χ2n) is 5.42. The van der Waals surface area contributed by atoms with Crippen molar-refractivity contribution in [2.24, 2.45) is 4.99 Å². The predicted octanol–water partition coefficient (Wildman–Crippen LogP) is 3.56. The first kappa shape index (κ1) is 20.4. The highest BCUT2D eigenvalue weighted by Crippen LogP contribution is 2.32. The van der Waals surface area contributed by atoms with Gasteiger partial charge in [-0.15, -0.1) is 24.0 Å². The Kier molecular flexibility index (Phi) is 7.65. The van der Waals surface area contributed by atoms with E-state index < -0.39 is 0 Å². The maximum Gasteiger partial charge on any atom is 0.231 e. The average molecular weight is 490 g/mol. The van der Waals surface area contributed by atoms with Crippen LogP contribution in [0.15, 0.2) is 41.4 Å². The second kappa shape index (κ2) is 9.72. The normalized spacial score (nSPS) is 12.3. The first-order chi connectivity index (χ1) is 12.2. The second-order valence-corrected chi connectivity index (χ2v) is 5.86. The van der Waals surface area contributed by atoms with E-state index in [9.17, 15) is 0 Å². The molecule has 3 rings (SSSR count). The Hall–Kier alpha value is -1.87. The summed E-state index contributed by atoms with van der Waals surface area (Å²) in [6, 6.07) is 11.4. The van der Waals surface area contributed by atoms with Crippen molar-refractivity contribution in [2.45, 2.75) is 13.1 Å². The molecule has 0 bridgehead atoms. The standard InChI is InChI=1S/C18H20ClN3O3.HI/c1-20-18(22-10-13-4-5-14(19)8-16(13)23-2)21-9-12-3-6-15-17(7-12)25-11-24-15;/h3-8H,9-11H2,1-2H3,(H2,20,21,22);1H. The van der Waals surface area contributed by atoms with E-state index in [4.69, 9.17) is 25.8 Å². The maximum absolute atomic E-state index is 5.99. The van der Waals surface area contributed by atoms with Gasteiger partial charge in [0.2, 0.25) is 6.79 Å². The van der Waals surface area contributed by atoms with Gasteiger partial charge in [-0.1, -0.05) is 23.7 Å². The highest BCUT2D eigenvalue weighted by molar-refractivity contribution is 14.0. The molecule has 6 nitrogen and oxygen atoms in total. The molecule has 0 fully saturated rings. The number of guanidine groups is 1. The molecule has 0 radical (unpaired) electrons. The molecule has 0 saturated heterocycles. The molecule has 2 aromatic carbocycles. The topological polar surface area (TPSA) is 64.1 Å². The quantitative estimate of drug-likeness (QED) is 0.382. The minimum atomic E-state index is 0. The van der Waals surface area contributed by atoms with E-state index in [2.05, 4.69) is 15.6 Å². The third-order valence-electron chi connectivity index (χ3n) is 3.82. The minimum Gasteiger partial charge on any atom is -0.496 e. The molecule has 0 saturated carbocycles. The van der Waals surface area contributed by atoms with Crippen LogP contribution in [-0.4, -0.2) is 26.9 Å². The van der Waals surface area contributed by atoms with Gasteiger partial charge < -0.3 is 24.8 Å². The molecule has 0 spiro atoms. The van der Waals surface area contributed by atoms with E-state index in [0.717, 1.165) is 28.4 Å². The molecule has 0 amide bonds. The lowest BCUT2D eigenvalue weighted by molar-refractivity contribution is 0.174. The van der Waals surface area contributed by atoms with Gasteiger partial charge in [-0.2, -0.15) is 0 Å². The van der Waals surface area contributed by atoms with Crippen LogP contribution in [0.2, 0.25) is 5.02 Å². The zero-order chi connectivity index (χ0) is 17.6. The molecule has 0 unspecified atom stereocenters. The van der Waals surface area contributed by atoms with Gasteiger partial charge in [-0.3, -0.25) is 4.99 Å². The molecule has 2 aromatic rings. The molecule has 0 aromatic heterocycles. The van der Waals surface area contributed by atoms with Gasteiger partial charge in [0.1, 0.15) is 5.75 Å². The summed E-state index contributed by atoms with van der Waals surface area (Å²) < 4.78 is 16.1. The lowest BCUT2D eigenvalue weighted by Crippen LogP contribution is -2.36. The van der Waals surface area contributed by atoms with E-state index in [1.54, 1.807) is 20.2 Å².